The van der Waals surface area contributed by atoms with Crippen molar-refractivity contribution in [2.45, 2.75) is 31.8 Å². The van der Waals surface area contributed by atoms with Crippen molar-refractivity contribution in [2.24, 2.45) is 0 Å². The number of carbonyl (C=O) groups excluding carboxylic acids is 2. The van der Waals surface area contributed by atoms with E-state index in [2.05, 4.69) is 20.8 Å². The smallest absolute Gasteiger partial charge is 0.410 e. The molecule has 2 fully saturated rings. The summed E-state index contributed by atoms with van der Waals surface area (Å²) in [5.41, 5.74) is 1.95. The third-order valence-electron chi connectivity index (χ3n) is 5.40. The zero-order valence-corrected chi connectivity index (χ0v) is 16.0. The number of anilines is 1. The lowest BCUT2D eigenvalue weighted by molar-refractivity contribution is 0.0454. The van der Waals surface area contributed by atoms with Crippen LogP contribution in [-0.4, -0.2) is 74.4 Å². The molecule has 1 aromatic carbocycles. The van der Waals surface area contributed by atoms with Gasteiger partial charge in [-0.05, 0) is 47.9 Å². The maximum absolute atomic E-state index is 12.9. The molecular formula is C18H23N7O3. The molecule has 0 radical (unpaired) electrons. The van der Waals surface area contributed by atoms with Crippen LogP contribution in [0.2, 0.25) is 0 Å². The van der Waals surface area contributed by atoms with Crippen molar-refractivity contribution < 1.29 is 14.3 Å². The molecular weight excluding hydrogens is 362 g/mol. The number of hydrogen-bond donors (Lipinski definition) is 1. The van der Waals surface area contributed by atoms with Crippen molar-refractivity contribution in [1.29, 1.82) is 0 Å². The van der Waals surface area contributed by atoms with Crippen LogP contribution in [0.25, 0.3) is 5.69 Å². The van der Waals surface area contributed by atoms with Crippen LogP contribution < -0.4 is 5.32 Å². The van der Waals surface area contributed by atoms with E-state index in [4.69, 9.17) is 4.74 Å². The number of nitrogens with one attached hydrogen (secondary N) is 1. The minimum absolute atomic E-state index is 0.160. The summed E-state index contributed by atoms with van der Waals surface area (Å²) in [4.78, 5) is 28.0. The second-order valence-electron chi connectivity index (χ2n) is 7.43. The summed E-state index contributed by atoms with van der Waals surface area (Å²) in [7, 11) is 1.74. The van der Waals surface area contributed by atoms with Crippen molar-refractivity contribution in [3.63, 3.8) is 0 Å². The zero-order valence-electron chi connectivity index (χ0n) is 16.0. The summed E-state index contributed by atoms with van der Waals surface area (Å²) in [6.07, 6.45) is 3.41. The number of amides is 3. The fraction of sp³-hybridized carbons (Fsp3) is 0.500. The first-order chi connectivity index (χ1) is 13.5. The van der Waals surface area contributed by atoms with E-state index < -0.39 is 5.60 Å². The van der Waals surface area contributed by atoms with Gasteiger partial charge in [-0.1, -0.05) is 6.07 Å². The lowest BCUT2D eigenvalue weighted by Crippen LogP contribution is -2.38. The number of urea groups is 1. The Morgan fingerprint density at radius 1 is 1.29 bits per heavy atom. The van der Waals surface area contributed by atoms with Gasteiger partial charge in [0.05, 0.1) is 12.2 Å². The number of aryl methyl sites for hydroxylation is 1. The quantitative estimate of drug-likeness (QED) is 0.845. The Morgan fingerprint density at radius 3 is 2.86 bits per heavy atom. The number of carbonyl (C=O) groups is 2. The highest BCUT2D eigenvalue weighted by molar-refractivity contribution is 5.90. The summed E-state index contributed by atoms with van der Waals surface area (Å²) in [6, 6.07) is 5.49. The predicted molar refractivity (Wildman–Crippen MR) is 100 cm³/mol. The molecule has 148 valence electrons. The first-order valence-corrected chi connectivity index (χ1v) is 9.30. The average molecular weight is 385 g/mol. The molecule has 2 saturated heterocycles. The van der Waals surface area contributed by atoms with Crippen LogP contribution in [0.3, 0.4) is 0 Å². The number of aromatic nitrogens is 4. The van der Waals surface area contributed by atoms with Gasteiger partial charge in [0.2, 0.25) is 0 Å². The summed E-state index contributed by atoms with van der Waals surface area (Å²) in [5.74, 6) is 0. The third kappa shape index (κ3) is 3.49. The summed E-state index contributed by atoms with van der Waals surface area (Å²) in [5, 5.41) is 14.1. The predicted octanol–water partition coefficient (Wildman–Crippen LogP) is 1.81. The highest BCUT2D eigenvalue weighted by Crippen LogP contribution is 2.32. The lowest BCUT2D eigenvalue weighted by atomic mass is 9.95. The fourth-order valence-electron chi connectivity index (χ4n) is 3.78. The van der Waals surface area contributed by atoms with Crippen LogP contribution in [0.4, 0.5) is 15.3 Å². The maximum atomic E-state index is 12.9. The van der Waals surface area contributed by atoms with Gasteiger partial charge in [-0.15, -0.1) is 5.10 Å². The molecule has 0 bridgehead atoms. The van der Waals surface area contributed by atoms with Crippen LogP contribution >= 0.6 is 0 Å². The van der Waals surface area contributed by atoms with E-state index in [1.165, 1.54) is 11.0 Å². The average Bonchev–Trinajstić information content (AvgIpc) is 3.23. The number of ether oxygens (including phenoxy) is 1. The maximum Gasteiger partial charge on any atom is 0.410 e. The van der Waals surface area contributed by atoms with Gasteiger partial charge in [-0.3, -0.25) is 0 Å². The van der Waals surface area contributed by atoms with E-state index in [1.807, 2.05) is 25.1 Å². The Bertz CT molecular complexity index is 885. The highest BCUT2D eigenvalue weighted by Gasteiger charge is 2.44. The van der Waals surface area contributed by atoms with Crippen molar-refractivity contribution >= 4 is 17.8 Å². The van der Waals surface area contributed by atoms with Gasteiger partial charge in [0, 0.05) is 32.2 Å². The Hall–Kier alpha value is -3.17. The Balaban J connectivity index is 1.44. The second kappa shape index (κ2) is 7.10. The van der Waals surface area contributed by atoms with E-state index >= 15 is 0 Å². The molecule has 1 aromatic heterocycles. The third-order valence-corrected chi connectivity index (χ3v) is 5.40. The molecule has 1 atom stereocenters. The molecule has 0 aliphatic carbocycles. The number of likely N-dealkylation sites (N-methyl/N-ethyl adjacent to an activating group) is 1. The molecule has 4 rings (SSSR count). The van der Waals surface area contributed by atoms with Crippen molar-refractivity contribution in [1.82, 2.24) is 30.0 Å². The molecule has 10 nitrogen and oxygen atoms in total. The summed E-state index contributed by atoms with van der Waals surface area (Å²) < 4.78 is 7.15. The van der Waals surface area contributed by atoms with Crippen molar-refractivity contribution in [2.75, 3.05) is 32.0 Å². The molecule has 0 saturated carbocycles. The molecule has 1 unspecified atom stereocenters. The number of likely N-dealkylation sites (tertiary alicyclic amines) is 1. The minimum atomic E-state index is -0.475. The Labute approximate surface area is 162 Å². The van der Waals surface area contributed by atoms with Gasteiger partial charge < -0.3 is 19.9 Å². The second-order valence-corrected chi connectivity index (χ2v) is 7.43. The molecule has 28 heavy (non-hydrogen) atoms. The fourth-order valence-corrected chi connectivity index (χ4v) is 3.78. The molecule has 1 spiro atoms. The van der Waals surface area contributed by atoms with Crippen LogP contribution in [0.1, 0.15) is 24.8 Å². The van der Waals surface area contributed by atoms with Crippen molar-refractivity contribution in [3.8, 4) is 5.69 Å². The van der Waals surface area contributed by atoms with Gasteiger partial charge in [-0.2, -0.15) is 0 Å². The highest BCUT2D eigenvalue weighted by atomic mass is 16.6. The van der Waals surface area contributed by atoms with Crippen LogP contribution in [0.15, 0.2) is 24.5 Å². The van der Waals surface area contributed by atoms with Gasteiger partial charge in [-0.25, -0.2) is 14.3 Å². The molecule has 10 heteroatoms. The summed E-state index contributed by atoms with van der Waals surface area (Å²) >= 11 is 0. The first-order valence-electron chi connectivity index (χ1n) is 9.30. The van der Waals surface area contributed by atoms with E-state index in [0.29, 0.717) is 31.7 Å². The van der Waals surface area contributed by atoms with Crippen LogP contribution in [-0.2, 0) is 4.74 Å². The molecule has 1 N–H and O–H groups in total. The molecule has 3 amide bonds. The molecule has 2 aromatic rings. The Kier molecular flexibility index (Phi) is 4.62. The number of nitrogens with zero attached hydrogens (tertiary/aromatic N) is 6. The van der Waals surface area contributed by atoms with Gasteiger partial charge in [0.15, 0.2) is 0 Å². The minimum Gasteiger partial charge on any atom is -0.441 e. The van der Waals surface area contributed by atoms with E-state index in [1.54, 1.807) is 16.8 Å². The number of rotatable bonds is 2. The van der Waals surface area contributed by atoms with E-state index in [0.717, 1.165) is 24.1 Å². The SMILES string of the molecule is Cc1ccc(-n2cnnn2)cc1NC(=O)N1CCCC2(CC1)CN(C)C(=O)O2. The van der Waals surface area contributed by atoms with Gasteiger partial charge in [0.1, 0.15) is 11.9 Å². The zero-order chi connectivity index (χ0) is 19.7. The topological polar surface area (TPSA) is 105 Å². The van der Waals surface area contributed by atoms with Crippen molar-refractivity contribution in [3.05, 3.63) is 30.1 Å². The van der Waals surface area contributed by atoms with E-state index in [9.17, 15) is 9.59 Å². The largest absolute Gasteiger partial charge is 0.441 e. The number of hydrogen-bond acceptors (Lipinski definition) is 6. The van der Waals surface area contributed by atoms with Gasteiger partial charge >= 0.3 is 12.1 Å². The normalized spacial score (nSPS) is 22.3. The van der Waals surface area contributed by atoms with Crippen LogP contribution in [0, 0.1) is 6.92 Å². The van der Waals surface area contributed by atoms with Gasteiger partial charge in [0.25, 0.3) is 0 Å². The lowest BCUT2D eigenvalue weighted by Gasteiger charge is -2.25. The molecule has 2 aliphatic rings. The number of tetrazole rings is 1. The van der Waals surface area contributed by atoms with Crippen LogP contribution in [0.5, 0.6) is 0 Å². The monoisotopic (exact) mass is 385 g/mol. The molecule has 3 heterocycles. The summed E-state index contributed by atoms with van der Waals surface area (Å²) in [6.45, 7) is 3.68. The standard InChI is InChI=1S/C18H23N7O3/c1-13-4-5-14(25-12-19-21-22-25)10-15(13)20-16(26)24-8-3-6-18(7-9-24)11-23(2)17(27)28-18/h4-5,10,12H,3,6-9,11H2,1-2H3,(H,20,26). The number of benzene rings is 1. The first kappa shape index (κ1) is 18.2. The Morgan fingerprint density at radius 2 is 2.14 bits per heavy atom. The molecule has 2 aliphatic heterocycles. The van der Waals surface area contributed by atoms with E-state index in [-0.39, 0.29) is 12.1 Å².